The summed E-state index contributed by atoms with van der Waals surface area (Å²) in [5, 5.41) is 22.0. The summed E-state index contributed by atoms with van der Waals surface area (Å²) in [6.07, 6.45) is 1.06. The lowest BCUT2D eigenvalue weighted by atomic mass is 10.0. The van der Waals surface area contributed by atoms with E-state index in [0.29, 0.717) is 5.69 Å². The number of amides is 1. The number of nitro groups is 1. The lowest BCUT2D eigenvalue weighted by molar-refractivity contribution is -0.385. The Balaban J connectivity index is 2.95. The van der Waals surface area contributed by atoms with Crippen LogP contribution in [0.5, 0.6) is 0 Å². The predicted molar refractivity (Wildman–Crippen MR) is 69.4 cm³/mol. The Morgan fingerprint density at radius 2 is 2.05 bits per heavy atom. The molecule has 2 N–H and O–H groups in total. The van der Waals surface area contributed by atoms with Gasteiger partial charge in [-0.25, -0.2) is 0 Å². The van der Waals surface area contributed by atoms with Crippen molar-refractivity contribution in [3.8, 4) is 0 Å². The number of aryl methyl sites for hydroxylation is 1. The molecule has 0 aliphatic rings. The van der Waals surface area contributed by atoms with Gasteiger partial charge in [0.05, 0.1) is 22.1 Å². The highest BCUT2D eigenvalue weighted by molar-refractivity contribution is 5.96. The first-order valence-corrected chi connectivity index (χ1v) is 5.88. The van der Waals surface area contributed by atoms with E-state index in [2.05, 4.69) is 10.3 Å². The molecule has 0 aromatic carbocycles. The highest BCUT2D eigenvalue weighted by Crippen LogP contribution is 2.15. The minimum absolute atomic E-state index is 0.0589. The maximum absolute atomic E-state index is 12.0. The summed E-state index contributed by atoms with van der Waals surface area (Å²) < 4.78 is 0. The summed E-state index contributed by atoms with van der Waals surface area (Å²) in [5.74, 6) is -2.39. The van der Waals surface area contributed by atoms with Gasteiger partial charge in [0.25, 0.3) is 11.6 Å². The van der Waals surface area contributed by atoms with E-state index in [4.69, 9.17) is 5.11 Å². The second-order valence-electron chi connectivity index (χ2n) is 4.47. The van der Waals surface area contributed by atoms with Crippen LogP contribution in [0.3, 0.4) is 0 Å². The van der Waals surface area contributed by atoms with Gasteiger partial charge in [-0.3, -0.25) is 24.7 Å². The zero-order valence-corrected chi connectivity index (χ0v) is 11.3. The van der Waals surface area contributed by atoms with Gasteiger partial charge in [-0.05, 0) is 20.8 Å². The van der Waals surface area contributed by atoms with E-state index < -0.39 is 28.8 Å². The van der Waals surface area contributed by atoms with Crippen LogP contribution in [0.25, 0.3) is 0 Å². The third-order valence-electron chi connectivity index (χ3n) is 3.03. The first-order valence-electron chi connectivity index (χ1n) is 5.88. The fraction of sp³-hybridized carbons (Fsp3) is 0.417. The van der Waals surface area contributed by atoms with Gasteiger partial charge < -0.3 is 10.4 Å². The number of carbonyl (C=O) groups is 2. The van der Waals surface area contributed by atoms with Crippen LogP contribution in [0, 0.1) is 23.0 Å². The first kappa shape index (κ1) is 15.5. The van der Waals surface area contributed by atoms with E-state index in [9.17, 15) is 19.7 Å². The van der Waals surface area contributed by atoms with Crippen LogP contribution in [0.1, 0.15) is 29.9 Å². The zero-order chi connectivity index (χ0) is 15.4. The molecule has 2 unspecified atom stereocenters. The molecule has 1 amide bonds. The molecule has 0 aliphatic heterocycles. The highest BCUT2D eigenvalue weighted by Gasteiger charge is 2.23. The number of aromatic nitrogens is 1. The largest absolute Gasteiger partial charge is 0.481 e. The van der Waals surface area contributed by atoms with Gasteiger partial charge in [-0.1, -0.05) is 0 Å². The summed E-state index contributed by atoms with van der Waals surface area (Å²) in [7, 11) is 0. The second kappa shape index (κ2) is 6.09. The van der Waals surface area contributed by atoms with Crippen molar-refractivity contribution in [2.45, 2.75) is 26.8 Å². The monoisotopic (exact) mass is 281 g/mol. The van der Waals surface area contributed by atoms with Crippen LogP contribution in [0.15, 0.2) is 12.3 Å². The summed E-state index contributed by atoms with van der Waals surface area (Å²) in [6, 6.07) is 0.509. The van der Waals surface area contributed by atoms with Crippen LogP contribution >= 0.6 is 0 Å². The van der Waals surface area contributed by atoms with Crippen molar-refractivity contribution in [3.63, 3.8) is 0 Å². The molecular formula is C12H15N3O5. The molecule has 2 atom stereocenters. The Bertz CT molecular complexity index is 558. The number of hydrogen-bond donors (Lipinski definition) is 2. The smallest absolute Gasteiger partial charge is 0.308 e. The Hall–Kier alpha value is -2.51. The van der Waals surface area contributed by atoms with Gasteiger partial charge in [0.15, 0.2) is 0 Å². The summed E-state index contributed by atoms with van der Waals surface area (Å²) >= 11 is 0. The fourth-order valence-corrected chi connectivity index (χ4v) is 1.48. The lowest BCUT2D eigenvalue weighted by Crippen LogP contribution is -2.40. The quantitative estimate of drug-likeness (QED) is 0.616. The zero-order valence-electron chi connectivity index (χ0n) is 11.3. The van der Waals surface area contributed by atoms with Gasteiger partial charge in [-0.15, -0.1) is 0 Å². The molecule has 0 bridgehead atoms. The average molecular weight is 281 g/mol. The van der Waals surface area contributed by atoms with Gasteiger partial charge in [0.2, 0.25) is 0 Å². The number of hydrogen-bond acceptors (Lipinski definition) is 5. The Morgan fingerprint density at radius 1 is 1.45 bits per heavy atom. The molecule has 0 aliphatic carbocycles. The molecular weight excluding hydrogens is 266 g/mol. The Morgan fingerprint density at radius 3 is 2.55 bits per heavy atom. The maximum Gasteiger partial charge on any atom is 0.308 e. The third kappa shape index (κ3) is 3.50. The standard InChI is InChI=1S/C12H15N3O5/c1-6(12(17)18)7(2)14-11(16)10-4-9(15(19)20)5-13-8(10)3/h4-7H,1-3H3,(H,14,16)(H,17,18). The second-order valence-corrected chi connectivity index (χ2v) is 4.47. The van der Waals surface area contributed by atoms with Gasteiger partial charge in [0.1, 0.15) is 6.20 Å². The summed E-state index contributed by atoms with van der Waals surface area (Å²) in [6.45, 7) is 4.56. The third-order valence-corrected chi connectivity index (χ3v) is 3.03. The Kier molecular flexibility index (Phi) is 4.73. The molecule has 8 nitrogen and oxygen atoms in total. The molecule has 0 saturated heterocycles. The molecule has 8 heteroatoms. The van der Waals surface area contributed by atoms with Crippen molar-refractivity contribution in [1.82, 2.24) is 10.3 Å². The van der Waals surface area contributed by atoms with E-state index in [0.717, 1.165) is 12.3 Å². The van der Waals surface area contributed by atoms with E-state index in [-0.39, 0.29) is 11.3 Å². The van der Waals surface area contributed by atoms with Crippen LogP contribution < -0.4 is 5.32 Å². The molecule has 108 valence electrons. The van der Waals surface area contributed by atoms with Gasteiger partial charge >= 0.3 is 5.97 Å². The van der Waals surface area contributed by atoms with Crippen molar-refractivity contribution in [2.24, 2.45) is 5.92 Å². The number of rotatable bonds is 5. The van der Waals surface area contributed by atoms with Crippen molar-refractivity contribution in [1.29, 1.82) is 0 Å². The van der Waals surface area contributed by atoms with E-state index in [1.54, 1.807) is 13.8 Å². The molecule has 0 saturated carbocycles. The number of nitrogens with zero attached hydrogens (tertiary/aromatic N) is 2. The van der Waals surface area contributed by atoms with E-state index >= 15 is 0 Å². The summed E-state index contributed by atoms with van der Waals surface area (Å²) in [5.41, 5.74) is 0.103. The minimum atomic E-state index is -1.04. The van der Waals surface area contributed by atoms with Crippen LogP contribution in [-0.2, 0) is 4.79 Å². The molecule has 20 heavy (non-hydrogen) atoms. The van der Waals surface area contributed by atoms with Crippen LogP contribution in [0.2, 0.25) is 0 Å². The fourth-order valence-electron chi connectivity index (χ4n) is 1.48. The number of aliphatic carboxylic acids is 1. The number of nitrogens with one attached hydrogen (secondary N) is 1. The number of pyridine rings is 1. The van der Waals surface area contributed by atoms with Crippen molar-refractivity contribution in [3.05, 3.63) is 33.6 Å². The number of carbonyl (C=O) groups excluding carboxylic acids is 1. The van der Waals surface area contributed by atoms with Crippen molar-refractivity contribution < 1.29 is 19.6 Å². The van der Waals surface area contributed by atoms with E-state index in [1.807, 2.05) is 0 Å². The SMILES string of the molecule is Cc1ncc([N+](=O)[O-])cc1C(=O)NC(C)C(C)C(=O)O. The molecule has 1 rings (SSSR count). The molecule has 1 aromatic rings. The van der Waals surface area contributed by atoms with Crippen molar-refractivity contribution in [2.75, 3.05) is 0 Å². The predicted octanol–water partition coefficient (Wildman–Crippen LogP) is 1.14. The van der Waals surface area contributed by atoms with Gasteiger partial charge in [0, 0.05) is 12.1 Å². The first-order chi connectivity index (χ1) is 9.23. The van der Waals surface area contributed by atoms with Crippen LogP contribution in [0.4, 0.5) is 5.69 Å². The van der Waals surface area contributed by atoms with Crippen LogP contribution in [-0.4, -0.2) is 32.9 Å². The normalized spacial score (nSPS) is 13.3. The van der Waals surface area contributed by atoms with Crippen molar-refractivity contribution >= 4 is 17.6 Å². The number of carboxylic acids is 1. The molecule has 0 spiro atoms. The molecule has 0 radical (unpaired) electrons. The topological polar surface area (TPSA) is 122 Å². The maximum atomic E-state index is 12.0. The van der Waals surface area contributed by atoms with Gasteiger partial charge in [-0.2, -0.15) is 0 Å². The summed E-state index contributed by atoms with van der Waals surface area (Å²) in [4.78, 5) is 36.6. The molecule has 0 fully saturated rings. The lowest BCUT2D eigenvalue weighted by Gasteiger charge is -2.18. The minimum Gasteiger partial charge on any atom is -0.481 e. The van der Waals surface area contributed by atoms with E-state index in [1.165, 1.54) is 6.92 Å². The number of carboxylic acid groups (broad SMARTS) is 1. The highest BCUT2D eigenvalue weighted by atomic mass is 16.6. The average Bonchev–Trinajstić information content (AvgIpc) is 2.37. The molecule has 1 aromatic heterocycles. The molecule has 1 heterocycles. The Labute approximate surface area is 115 Å².